The molecule has 0 spiro atoms. The summed E-state index contributed by atoms with van der Waals surface area (Å²) in [5.74, 6) is 0. The van der Waals surface area contributed by atoms with Crippen molar-refractivity contribution in [1.29, 1.82) is 0 Å². The minimum absolute atomic E-state index is 0.0666. The molecule has 0 fully saturated rings. The van der Waals surface area contributed by atoms with Gasteiger partial charge in [0.1, 0.15) is 0 Å². The summed E-state index contributed by atoms with van der Waals surface area (Å²) in [5.41, 5.74) is -0.275. The molecule has 0 saturated heterocycles. The Morgan fingerprint density at radius 3 is 1.48 bits per heavy atom. The van der Waals surface area contributed by atoms with E-state index in [0.29, 0.717) is 5.56 Å². The number of hydrogen-bond acceptors (Lipinski definition) is 5. The van der Waals surface area contributed by atoms with Crippen LogP contribution < -0.4 is 0 Å². The van der Waals surface area contributed by atoms with Gasteiger partial charge in [0.15, 0.2) is 0 Å². The van der Waals surface area contributed by atoms with Crippen molar-refractivity contribution in [3.8, 4) is 0 Å². The summed E-state index contributed by atoms with van der Waals surface area (Å²) >= 11 is 2.84. The maximum Gasteiger partial charge on any atom is 0.346 e. The Kier molecular flexibility index (Phi) is 6.15. The smallest absolute Gasteiger partial charge is 0.281 e. The van der Waals surface area contributed by atoms with Crippen molar-refractivity contribution in [2.45, 2.75) is 0 Å². The maximum atomic E-state index is 10.6. The quantitative estimate of drug-likeness (QED) is 0.475. The molecule has 21 heavy (non-hydrogen) atoms. The average molecular weight is 353 g/mol. The Morgan fingerprint density at radius 1 is 0.810 bits per heavy atom. The largest absolute Gasteiger partial charge is 0.346 e. The molecule has 0 heterocycles. The standard InChI is InChI=1S/C7H5BrO.C6H4N2O4/c8-7(9)6-4-2-1-3-5-6;9-7(10)5-3-1-2-4-6(5)8(11)12/h1-5H;1-4H. The number of nitro benzene ring substituents is 2. The number of carbonyl (C=O) groups excluding carboxylic acids is 1. The zero-order valence-corrected chi connectivity index (χ0v) is 12.1. The molecule has 0 atom stereocenters. The number of nitro groups is 2. The first-order valence-corrected chi connectivity index (χ1v) is 6.35. The predicted molar refractivity (Wildman–Crippen MR) is 79.5 cm³/mol. The Hall–Kier alpha value is -2.61. The van der Waals surface area contributed by atoms with Crippen molar-refractivity contribution in [2.75, 3.05) is 0 Å². The van der Waals surface area contributed by atoms with Gasteiger partial charge in [-0.05, 0) is 15.9 Å². The van der Waals surface area contributed by atoms with Crippen LogP contribution in [0.4, 0.5) is 11.4 Å². The lowest BCUT2D eigenvalue weighted by Crippen LogP contribution is -1.95. The van der Waals surface area contributed by atoms with E-state index in [1.807, 2.05) is 18.2 Å². The zero-order valence-electron chi connectivity index (χ0n) is 10.5. The van der Waals surface area contributed by atoms with Gasteiger partial charge in [0.05, 0.1) is 9.85 Å². The molecule has 8 heteroatoms. The van der Waals surface area contributed by atoms with Crippen molar-refractivity contribution in [3.63, 3.8) is 0 Å². The van der Waals surface area contributed by atoms with Gasteiger partial charge in [-0.3, -0.25) is 25.0 Å². The van der Waals surface area contributed by atoms with Gasteiger partial charge >= 0.3 is 11.4 Å². The summed E-state index contributed by atoms with van der Waals surface area (Å²) in [4.78, 5) is 29.5. The SMILES string of the molecule is O=C(Br)c1ccccc1.O=[N+]([O-])c1ccccc1[N+](=O)[O-]. The molecule has 0 saturated carbocycles. The fraction of sp³-hybridized carbons (Fsp3) is 0. The first-order valence-electron chi connectivity index (χ1n) is 5.56. The van der Waals surface area contributed by atoms with Crippen LogP contribution in [0.1, 0.15) is 10.4 Å². The monoisotopic (exact) mass is 352 g/mol. The molecule has 0 aliphatic rings. The Balaban J connectivity index is 0.000000219. The minimum atomic E-state index is -0.780. The average Bonchev–Trinajstić information content (AvgIpc) is 2.48. The van der Waals surface area contributed by atoms with Crippen molar-refractivity contribution in [3.05, 3.63) is 80.4 Å². The molecule has 0 aliphatic carbocycles. The van der Waals surface area contributed by atoms with E-state index in [4.69, 9.17) is 0 Å². The summed E-state index contributed by atoms with van der Waals surface area (Å²) in [7, 11) is 0. The molecule has 0 aliphatic heterocycles. The Morgan fingerprint density at radius 2 is 1.19 bits per heavy atom. The number of para-hydroxylation sites is 2. The van der Waals surface area contributed by atoms with Gasteiger partial charge in [-0.2, -0.15) is 0 Å². The van der Waals surface area contributed by atoms with E-state index < -0.39 is 21.2 Å². The van der Waals surface area contributed by atoms with Crippen LogP contribution in [-0.4, -0.2) is 14.5 Å². The highest BCUT2D eigenvalue weighted by molar-refractivity contribution is 9.18. The van der Waals surface area contributed by atoms with E-state index in [1.165, 1.54) is 12.1 Å². The third-order valence-electron chi connectivity index (χ3n) is 2.28. The van der Waals surface area contributed by atoms with E-state index in [-0.39, 0.29) is 4.69 Å². The van der Waals surface area contributed by atoms with Crippen LogP contribution in [-0.2, 0) is 0 Å². The molecule has 0 aromatic heterocycles. The van der Waals surface area contributed by atoms with Gasteiger partial charge in [0.2, 0.25) is 4.69 Å². The molecular formula is C13H9BrN2O5. The Labute approximate surface area is 127 Å². The van der Waals surface area contributed by atoms with E-state index in [0.717, 1.165) is 12.1 Å². The first-order chi connectivity index (χ1) is 9.93. The van der Waals surface area contributed by atoms with Crippen molar-refractivity contribution >= 4 is 32.0 Å². The normalized spacial score (nSPS) is 9.19. The molecule has 0 N–H and O–H groups in total. The molecule has 7 nitrogen and oxygen atoms in total. The van der Waals surface area contributed by atoms with Crippen LogP contribution in [0.5, 0.6) is 0 Å². The first kappa shape index (κ1) is 16.4. The van der Waals surface area contributed by atoms with Crippen LogP contribution >= 0.6 is 15.9 Å². The number of halogens is 1. The van der Waals surface area contributed by atoms with Crippen LogP contribution in [0.2, 0.25) is 0 Å². The highest BCUT2D eigenvalue weighted by Crippen LogP contribution is 2.24. The molecule has 2 rings (SSSR count). The predicted octanol–water partition coefficient (Wildman–Crippen LogP) is 3.72. The van der Waals surface area contributed by atoms with Crippen LogP contribution in [0, 0.1) is 20.2 Å². The second kappa shape index (κ2) is 7.85. The summed E-state index contributed by atoms with van der Waals surface area (Å²) in [6.45, 7) is 0. The maximum absolute atomic E-state index is 10.6. The third-order valence-corrected chi connectivity index (χ3v) is 2.73. The highest BCUT2D eigenvalue weighted by Gasteiger charge is 2.21. The molecule has 0 radical (unpaired) electrons. The second-order valence-electron chi connectivity index (χ2n) is 3.64. The highest BCUT2D eigenvalue weighted by atomic mass is 79.9. The lowest BCUT2D eigenvalue weighted by molar-refractivity contribution is -0.422. The van der Waals surface area contributed by atoms with E-state index >= 15 is 0 Å². The summed E-state index contributed by atoms with van der Waals surface area (Å²) in [5, 5.41) is 20.5. The van der Waals surface area contributed by atoms with E-state index in [9.17, 15) is 25.0 Å². The van der Waals surface area contributed by atoms with Gasteiger partial charge in [-0.25, -0.2) is 0 Å². The molecular weight excluding hydrogens is 344 g/mol. The van der Waals surface area contributed by atoms with Crippen LogP contribution in [0.3, 0.4) is 0 Å². The number of nitrogens with zero attached hydrogens (tertiary/aromatic N) is 2. The fourth-order valence-electron chi connectivity index (χ4n) is 1.34. The molecule has 2 aromatic rings. The van der Waals surface area contributed by atoms with Gasteiger partial charge in [0.25, 0.3) is 0 Å². The minimum Gasteiger partial charge on any atom is -0.281 e. The zero-order chi connectivity index (χ0) is 15.8. The number of benzene rings is 2. The van der Waals surface area contributed by atoms with E-state index in [1.54, 1.807) is 12.1 Å². The molecule has 0 amide bonds. The van der Waals surface area contributed by atoms with E-state index in [2.05, 4.69) is 15.9 Å². The number of carbonyl (C=O) groups is 1. The van der Waals surface area contributed by atoms with Crippen LogP contribution in [0.25, 0.3) is 0 Å². The van der Waals surface area contributed by atoms with Crippen molar-refractivity contribution < 1.29 is 14.6 Å². The number of rotatable bonds is 3. The lowest BCUT2D eigenvalue weighted by Gasteiger charge is -1.91. The van der Waals surface area contributed by atoms with Crippen molar-refractivity contribution in [2.24, 2.45) is 0 Å². The molecule has 2 aromatic carbocycles. The summed E-state index contributed by atoms with van der Waals surface area (Å²) in [6.07, 6.45) is 0. The topological polar surface area (TPSA) is 103 Å². The molecule has 0 bridgehead atoms. The summed E-state index contributed by atoms with van der Waals surface area (Å²) in [6, 6.07) is 14.0. The second-order valence-corrected chi connectivity index (χ2v) is 4.36. The lowest BCUT2D eigenvalue weighted by atomic mass is 10.2. The van der Waals surface area contributed by atoms with Gasteiger partial charge in [-0.15, -0.1) is 0 Å². The fourth-order valence-corrected chi connectivity index (χ4v) is 1.61. The Bertz CT molecular complexity index is 628. The van der Waals surface area contributed by atoms with Crippen molar-refractivity contribution in [1.82, 2.24) is 0 Å². The molecule has 0 unspecified atom stereocenters. The van der Waals surface area contributed by atoms with Gasteiger partial charge < -0.3 is 0 Å². The summed E-state index contributed by atoms with van der Waals surface area (Å²) < 4.78 is -0.0666. The number of hydrogen-bond donors (Lipinski definition) is 0. The third kappa shape index (κ3) is 5.11. The van der Waals surface area contributed by atoms with Crippen LogP contribution in [0.15, 0.2) is 54.6 Å². The van der Waals surface area contributed by atoms with Gasteiger partial charge in [-0.1, -0.05) is 42.5 Å². The van der Waals surface area contributed by atoms with Gasteiger partial charge in [0, 0.05) is 17.7 Å². The molecule has 108 valence electrons.